The van der Waals surface area contributed by atoms with Crippen molar-refractivity contribution in [2.24, 2.45) is 0 Å². The lowest BCUT2D eigenvalue weighted by Crippen LogP contribution is -2.40. The first-order valence-electron chi connectivity index (χ1n) is 8.64. The van der Waals surface area contributed by atoms with Crippen molar-refractivity contribution in [3.63, 3.8) is 0 Å². The summed E-state index contributed by atoms with van der Waals surface area (Å²) in [6.07, 6.45) is 0.423. The Bertz CT molecular complexity index is 771. The van der Waals surface area contributed by atoms with Crippen molar-refractivity contribution < 1.29 is 18.7 Å². The van der Waals surface area contributed by atoms with Gasteiger partial charge in [-0.3, -0.25) is 9.59 Å². The van der Waals surface area contributed by atoms with E-state index in [0.29, 0.717) is 56.0 Å². The summed E-state index contributed by atoms with van der Waals surface area (Å²) < 4.78 is 18.8. The molecule has 0 aliphatic carbocycles. The zero-order valence-electron chi connectivity index (χ0n) is 14.4. The van der Waals surface area contributed by atoms with E-state index in [2.05, 4.69) is 5.32 Å². The minimum Gasteiger partial charge on any atom is -0.378 e. The number of hydrogen-bond acceptors (Lipinski definition) is 3. The second-order valence-corrected chi connectivity index (χ2v) is 6.08. The first kappa shape index (κ1) is 18.1. The number of carbonyl (C=O) groups excluding carboxylic acids is 2. The average molecular weight is 356 g/mol. The highest BCUT2D eigenvalue weighted by Gasteiger charge is 2.18. The molecule has 0 spiro atoms. The minimum absolute atomic E-state index is 0.0557. The summed E-state index contributed by atoms with van der Waals surface area (Å²) in [6.45, 7) is 2.60. The van der Waals surface area contributed by atoms with E-state index in [9.17, 15) is 14.0 Å². The van der Waals surface area contributed by atoms with Gasteiger partial charge in [0.2, 0.25) is 0 Å². The predicted molar refractivity (Wildman–Crippen MR) is 95.6 cm³/mol. The Morgan fingerprint density at radius 1 is 1.00 bits per heavy atom. The van der Waals surface area contributed by atoms with E-state index in [1.807, 2.05) is 0 Å². The molecule has 0 bridgehead atoms. The number of ether oxygens (including phenoxy) is 1. The summed E-state index contributed by atoms with van der Waals surface area (Å²) in [5.74, 6) is -0.570. The van der Waals surface area contributed by atoms with E-state index in [-0.39, 0.29) is 17.6 Å². The second-order valence-electron chi connectivity index (χ2n) is 6.08. The third-order valence-electron chi connectivity index (χ3n) is 4.33. The summed E-state index contributed by atoms with van der Waals surface area (Å²) in [5.41, 5.74) is 1.59. The molecule has 1 fully saturated rings. The van der Waals surface area contributed by atoms with Gasteiger partial charge in [-0.15, -0.1) is 0 Å². The zero-order chi connectivity index (χ0) is 18.4. The van der Waals surface area contributed by atoms with Crippen LogP contribution >= 0.6 is 0 Å². The SMILES string of the molecule is O=C(NCCc1ccccc1F)c1ccc(C(=O)N2CCOCC2)cc1. The third kappa shape index (κ3) is 4.46. The highest BCUT2D eigenvalue weighted by Crippen LogP contribution is 2.10. The molecule has 0 atom stereocenters. The number of amides is 2. The van der Waals surface area contributed by atoms with E-state index in [0.717, 1.165) is 0 Å². The summed E-state index contributed by atoms with van der Waals surface area (Å²) in [6, 6.07) is 13.1. The number of rotatable bonds is 5. The van der Waals surface area contributed by atoms with Crippen LogP contribution in [0.1, 0.15) is 26.3 Å². The molecule has 1 heterocycles. The summed E-state index contributed by atoms with van der Waals surface area (Å²) in [7, 11) is 0. The quantitative estimate of drug-likeness (QED) is 0.894. The maximum atomic E-state index is 13.6. The predicted octanol–water partition coefficient (Wildman–Crippen LogP) is 2.27. The van der Waals surface area contributed by atoms with Gasteiger partial charge in [0.15, 0.2) is 0 Å². The number of nitrogens with zero attached hydrogens (tertiary/aromatic N) is 1. The molecule has 5 nitrogen and oxygen atoms in total. The van der Waals surface area contributed by atoms with E-state index >= 15 is 0 Å². The normalized spacial score (nSPS) is 14.1. The van der Waals surface area contributed by atoms with Crippen molar-refractivity contribution in [2.75, 3.05) is 32.8 Å². The molecule has 0 unspecified atom stereocenters. The van der Waals surface area contributed by atoms with Crippen LogP contribution in [0.4, 0.5) is 4.39 Å². The average Bonchev–Trinajstić information content (AvgIpc) is 2.69. The van der Waals surface area contributed by atoms with Crippen molar-refractivity contribution in [1.82, 2.24) is 10.2 Å². The Hall–Kier alpha value is -2.73. The molecule has 2 aromatic rings. The highest BCUT2D eigenvalue weighted by atomic mass is 19.1. The number of benzene rings is 2. The smallest absolute Gasteiger partial charge is 0.254 e. The molecule has 2 amide bonds. The number of halogens is 1. The Labute approximate surface area is 151 Å². The Balaban J connectivity index is 1.53. The van der Waals surface area contributed by atoms with Crippen LogP contribution in [0.3, 0.4) is 0 Å². The standard InChI is InChI=1S/C20H21FN2O3/c21-18-4-2-1-3-15(18)9-10-22-19(24)16-5-7-17(8-6-16)20(25)23-11-13-26-14-12-23/h1-8H,9-14H2,(H,22,24). The second kappa shape index (κ2) is 8.58. The van der Waals surface area contributed by atoms with Gasteiger partial charge in [-0.05, 0) is 42.3 Å². The van der Waals surface area contributed by atoms with Crippen LogP contribution in [0.5, 0.6) is 0 Å². The van der Waals surface area contributed by atoms with Gasteiger partial charge in [0.05, 0.1) is 13.2 Å². The van der Waals surface area contributed by atoms with Crippen LogP contribution in [-0.2, 0) is 11.2 Å². The molecule has 3 rings (SSSR count). The van der Waals surface area contributed by atoms with E-state index in [1.165, 1.54) is 6.07 Å². The number of hydrogen-bond donors (Lipinski definition) is 1. The van der Waals surface area contributed by atoms with Gasteiger partial charge in [-0.2, -0.15) is 0 Å². The molecule has 1 aliphatic rings. The summed E-state index contributed by atoms with van der Waals surface area (Å²) in [4.78, 5) is 26.3. The van der Waals surface area contributed by atoms with Gasteiger partial charge in [-0.25, -0.2) is 4.39 Å². The fourth-order valence-electron chi connectivity index (χ4n) is 2.83. The van der Waals surface area contributed by atoms with E-state index in [4.69, 9.17) is 4.74 Å². The molecule has 1 aliphatic heterocycles. The molecule has 0 saturated carbocycles. The molecular weight excluding hydrogens is 335 g/mol. The monoisotopic (exact) mass is 356 g/mol. The molecule has 136 valence electrons. The topological polar surface area (TPSA) is 58.6 Å². The fourth-order valence-corrected chi connectivity index (χ4v) is 2.83. The van der Waals surface area contributed by atoms with Crippen LogP contribution in [0.2, 0.25) is 0 Å². The molecule has 1 saturated heterocycles. The van der Waals surface area contributed by atoms with Gasteiger partial charge in [-0.1, -0.05) is 18.2 Å². The maximum absolute atomic E-state index is 13.6. The molecule has 2 aromatic carbocycles. The van der Waals surface area contributed by atoms with Gasteiger partial charge in [0.1, 0.15) is 5.82 Å². The largest absolute Gasteiger partial charge is 0.378 e. The molecule has 0 radical (unpaired) electrons. The fraction of sp³-hybridized carbons (Fsp3) is 0.300. The first-order chi connectivity index (χ1) is 12.6. The van der Waals surface area contributed by atoms with Gasteiger partial charge in [0, 0.05) is 30.8 Å². The van der Waals surface area contributed by atoms with E-state index in [1.54, 1.807) is 47.4 Å². The van der Waals surface area contributed by atoms with Crippen molar-refractivity contribution in [3.8, 4) is 0 Å². The summed E-state index contributed by atoms with van der Waals surface area (Å²) >= 11 is 0. The van der Waals surface area contributed by atoms with Gasteiger partial charge in [0.25, 0.3) is 11.8 Å². The highest BCUT2D eigenvalue weighted by molar-refractivity contribution is 5.97. The lowest BCUT2D eigenvalue weighted by Gasteiger charge is -2.26. The van der Waals surface area contributed by atoms with Crippen molar-refractivity contribution >= 4 is 11.8 Å². The molecule has 26 heavy (non-hydrogen) atoms. The van der Waals surface area contributed by atoms with Crippen LogP contribution in [-0.4, -0.2) is 49.6 Å². The number of morpholine rings is 1. The third-order valence-corrected chi connectivity index (χ3v) is 4.33. The molecule has 0 aromatic heterocycles. The zero-order valence-corrected chi connectivity index (χ0v) is 14.4. The van der Waals surface area contributed by atoms with Gasteiger partial charge < -0.3 is 15.0 Å². The lowest BCUT2D eigenvalue weighted by atomic mass is 10.1. The number of carbonyl (C=O) groups is 2. The van der Waals surface area contributed by atoms with Crippen LogP contribution in [0.25, 0.3) is 0 Å². The lowest BCUT2D eigenvalue weighted by molar-refractivity contribution is 0.0303. The maximum Gasteiger partial charge on any atom is 0.254 e. The molecular formula is C20H21FN2O3. The Kier molecular flexibility index (Phi) is 5.96. The summed E-state index contributed by atoms with van der Waals surface area (Å²) in [5, 5.41) is 2.77. The van der Waals surface area contributed by atoms with Crippen LogP contribution in [0, 0.1) is 5.82 Å². The van der Waals surface area contributed by atoms with Crippen molar-refractivity contribution in [3.05, 3.63) is 71.0 Å². The van der Waals surface area contributed by atoms with Crippen LogP contribution < -0.4 is 5.32 Å². The molecule has 1 N–H and O–H groups in total. The number of nitrogens with one attached hydrogen (secondary N) is 1. The minimum atomic E-state index is -0.271. The van der Waals surface area contributed by atoms with Crippen LogP contribution in [0.15, 0.2) is 48.5 Å². The van der Waals surface area contributed by atoms with E-state index < -0.39 is 0 Å². The van der Waals surface area contributed by atoms with Crippen molar-refractivity contribution in [1.29, 1.82) is 0 Å². The van der Waals surface area contributed by atoms with Crippen molar-refractivity contribution in [2.45, 2.75) is 6.42 Å². The molecule has 6 heteroatoms. The van der Waals surface area contributed by atoms with Gasteiger partial charge >= 0.3 is 0 Å². The Morgan fingerprint density at radius 3 is 2.35 bits per heavy atom. The Morgan fingerprint density at radius 2 is 1.65 bits per heavy atom. The first-order valence-corrected chi connectivity index (χ1v) is 8.64.